The van der Waals surface area contributed by atoms with Gasteiger partial charge >= 0.3 is 5.97 Å². The molecule has 2 aromatic carbocycles. The lowest BCUT2D eigenvalue weighted by molar-refractivity contribution is 0.0601. The van der Waals surface area contributed by atoms with Crippen LogP contribution in [0.15, 0.2) is 48.5 Å². The Hall–Kier alpha value is -2.00. The van der Waals surface area contributed by atoms with Crippen LogP contribution < -0.4 is 5.32 Å². The van der Waals surface area contributed by atoms with Crippen LogP contribution in [0.2, 0.25) is 5.02 Å². The number of rotatable bonds is 5. The first-order valence-electron chi connectivity index (χ1n) is 6.84. The van der Waals surface area contributed by atoms with Gasteiger partial charge in [0.15, 0.2) is 0 Å². The molecule has 21 heavy (non-hydrogen) atoms. The van der Waals surface area contributed by atoms with Gasteiger partial charge in [0.2, 0.25) is 0 Å². The Morgan fingerprint density at radius 1 is 1.24 bits per heavy atom. The predicted octanol–water partition coefficient (Wildman–Crippen LogP) is 4.69. The van der Waals surface area contributed by atoms with Gasteiger partial charge < -0.3 is 10.1 Å². The number of carbonyl (C=O) groups is 1. The third kappa shape index (κ3) is 3.99. The molecule has 0 aliphatic heterocycles. The van der Waals surface area contributed by atoms with Gasteiger partial charge in [-0.05, 0) is 42.3 Å². The molecule has 1 N–H and O–H groups in total. The van der Waals surface area contributed by atoms with Crippen molar-refractivity contribution in [2.75, 3.05) is 12.4 Å². The molecule has 110 valence electrons. The van der Waals surface area contributed by atoms with E-state index in [4.69, 9.17) is 16.3 Å². The molecule has 0 heterocycles. The number of hydrogen-bond donors (Lipinski definition) is 1. The van der Waals surface area contributed by atoms with Gasteiger partial charge in [0.1, 0.15) is 0 Å². The fourth-order valence-corrected chi connectivity index (χ4v) is 2.40. The van der Waals surface area contributed by atoms with Crippen molar-refractivity contribution >= 4 is 23.3 Å². The number of halogens is 1. The summed E-state index contributed by atoms with van der Waals surface area (Å²) in [6, 6.07) is 15.2. The Bertz CT molecular complexity index is 628. The number of anilines is 1. The Kier molecular flexibility index (Phi) is 5.23. The van der Waals surface area contributed by atoms with Crippen LogP contribution in [0, 0.1) is 0 Å². The third-order valence-electron chi connectivity index (χ3n) is 3.28. The Morgan fingerprint density at radius 3 is 2.67 bits per heavy atom. The molecule has 2 aromatic rings. The molecule has 1 unspecified atom stereocenters. The van der Waals surface area contributed by atoms with E-state index in [9.17, 15) is 4.79 Å². The number of benzene rings is 2. The molecule has 0 aliphatic carbocycles. The first-order valence-corrected chi connectivity index (χ1v) is 7.22. The summed E-state index contributed by atoms with van der Waals surface area (Å²) in [5, 5.41) is 4.14. The van der Waals surface area contributed by atoms with Crippen LogP contribution >= 0.6 is 11.6 Å². The van der Waals surface area contributed by atoms with E-state index in [0.717, 1.165) is 22.7 Å². The van der Waals surface area contributed by atoms with Crippen LogP contribution in [0.5, 0.6) is 0 Å². The highest BCUT2D eigenvalue weighted by molar-refractivity contribution is 6.30. The molecular formula is C17H18ClNO2. The molecule has 0 saturated carbocycles. The van der Waals surface area contributed by atoms with E-state index in [0.29, 0.717) is 5.56 Å². The summed E-state index contributed by atoms with van der Waals surface area (Å²) in [5.41, 5.74) is 2.53. The number of methoxy groups -OCH3 is 1. The van der Waals surface area contributed by atoms with E-state index in [2.05, 4.69) is 12.2 Å². The molecule has 0 aliphatic rings. The van der Waals surface area contributed by atoms with Crippen LogP contribution in [0.25, 0.3) is 0 Å². The molecule has 2 rings (SSSR count). The molecule has 1 atom stereocenters. The van der Waals surface area contributed by atoms with Crippen molar-refractivity contribution in [3.63, 3.8) is 0 Å². The van der Waals surface area contributed by atoms with Crippen LogP contribution in [0.3, 0.4) is 0 Å². The van der Waals surface area contributed by atoms with Crippen molar-refractivity contribution in [3.8, 4) is 0 Å². The summed E-state index contributed by atoms with van der Waals surface area (Å²) >= 11 is 6.05. The summed E-state index contributed by atoms with van der Waals surface area (Å²) in [6.45, 7) is 2.10. The number of esters is 1. The monoisotopic (exact) mass is 303 g/mol. The van der Waals surface area contributed by atoms with Crippen molar-refractivity contribution in [2.24, 2.45) is 0 Å². The van der Waals surface area contributed by atoms with Gasteiger partial charge in [-0.1, -0.05) is 36.7 Å². The second kappa shape index (κ2) is 7.14. The minimum atomic E-state index is -0.338. The van der Waals surface area contributed by atoms with Gasteiger partial charge in [0.25, 0.3) is 0 Å². The van der Waals surface area contributed by atoms with E-state index in [1.807, 2.05) is 36.4 Å². The van der Waals surface area contributed by atoms with E-state index < -0.39 is 0 Å². The molecule has 3 nitrogen and oxygen atoms in total. The Morgan fingerprint density at radius 2 is 2.00 bits per heavy atom. The molecule has 0 spiro atoms. The summed E-state index contributed by atoms with van der Waals surface area (Å²) in [6.07, 6.45) is 0.906. The highest BCUT2D eigenvalue weighted by Crippen LogP contribution is 2.25. The molecule has 0 amide bonds. The maximum Gasteiger partial charge on any atom is 0.337 e. The second-order valence-corrected chi connectivity index (χ2v) is 5.17. The molecule has 4 heteroatoms. The van der Waals surface area contributed by atoms with Crippen molar-refractivity contribution in [2.45, 2.75) is 19.4 Å². The molecule has 0 fully saturated rings. The van der Waals surface area contributed by atoms with E-state index in [1.54, 1.807) is 12.1 Å². The fourth-order valence-electron chi connectivity index (χ4n) is 2.20. The van der Waals surface area contributed by atoms with Crippen molar-refractivity contribution < 1.29 is 9.53 Å². The van der Waals surface area contributed by atoms with Crippen LogP contribution in [0.4, 0.5) is 5.69 Å². The zero-order valence-electron chi connectivity index (χ0n) is 12.1. The van der Waals surface area contributed by atoms with Gasteiger partial charge in [0, 0.05) is 10.7 Å². The van der Waals surface area contributed by atoms with Gasteiger partial charge in [0.05, 0.1) is 18.7 Å². The first-order chi connectivity index (χ1) is 10.1. The minimum absolute atomic E-state index is 0.136. The smallest absolute Gasteiger partial charge is 0.337 e. The summed E-state index contributed by atoms with van der Waals surface area (Å²) in [5.74, 6) is -0.338. The maximum absolute atomic E-state index is 11.6. The number of carbonyl (C=O) groups excluding carboxylic acids is 1. The van der Waals surface area contributed by atoms with Gasteiger partial charge in [-0.25, -0.2) is 4.79 Å². The lowest BCUT2D eigenvalue weighted by Crippen LogP contribution is -2.10. The predicted molar refractivity (Wildman–Crippen MR) is 85.9 cm³/mol. The minimum Gasteiger partial charge on any atom is -0.465 e. The quantitative estimate of drug-likeness (QED) is 0.814. The Balaban J connectivity index is 2.21. The van der Waals surface area contributed by atoms with Gasteiger partial charge in [-0.2, -0.15) is 0 Å². The highest BCUT2D eigenvalue weighted by Gasteiger charge is 2.11. The van der Waals surface area contributed by atoms with Crippen LogP contribution in [-0.2, 0) is 4.74 Å². The van der Waals surface area contributed by atoms with Crippen LogP contribution in [-0.4, -0.2) is 13.1 Å². The average Bonchev–Trinajstić information content (AvgIpc) is 2.52. The molecular weight excluding hydrogens is 286 g/mol. The zero-order valence-corrected chi connectivity index (χ0v) is 12.9. The second-order valence-electron chi connectivity index (χ2n) is 4.73. The Labute approximate surface area is 129 Å². The van der Waals surface area contributed by atoms with Crippen molar-refractivity contribution in [1.82, 2.24) is 0 Å². The van der Waals surface area contributed by atoms with Gasteiger partial charge in [-0.15, -0.1) is 0 Å². The molecule has 0 saturated heterocycles. The normalized spacial score (nSPS) is 11.8. The third-order valence-corrected chi connectivity index (χ3v) is 3.52. The standard InChI is InChI=1S/C17H18ClNO2/c1-3-16(12-6-4-8-14(18)10-12)19-15-9-5-7-13(11-15)17(20)21-2/h4-11,16,19H,3H2,1-2H3. The fraction of sp³-hybridized carbons (Fsp3) is 0.235. The van der Waals surface area contributed by atoms with Gasteiger partial charge in [-0.3, -0.25) is 0 Å². The number of hydrogen-bond acceptors (Lipinski definition) is 3. The zero-order chi connectivity index (χ0) is 15.2. The number of ether oxygens (including phenoxy) is 1. The summed E-state index contributed by atoms with van der Waals surface area (Å²) in [7, 11) is 1.38. The van der Waals surface area contributed by atoms with E-state index in [-0.39, 0.29) is 12.0 Å². The molecule has 0 aromatic heterocycles. The first kappa shape index (κ1) is 15.4. The van der Waals surface area contributed by atoms with Crippen molar-refractivity contribution in [1.29, 1.82) is 0 Å². The van der Waals surface area contributed by atoms with E-state index >= 15 is 0 Å². The summed E-state index contributed by atoms with van der Waals surface area (Å²) < 4.78 is 4.74. The molecule has 0 radical (unpaired) electrons. The summed E-state index contributed by atoms with van der Waals surface area (Å²) in [4.78, 5) is 11.6. The largest absolute Gasteiger partial charge is 0.465 e. The highest BCUT2D eigenvalue weighted by atomic mass is 35.5. The topological polar surface area (TPSA) is 38.3 Å². The van der Waals surface area contributed by atoms with E-state index in [1.165, 1.54) is 7.11 Å². The van der Waals surface area contributed by atoms with Crippen LogP contribution in [0.1, 0.15) is 35.3 Å². The SMILES string of the molecule is CCC(Nc1cccc(C(=O)OC)c1)c1cccc(Cl)c1. The lowest BCUT2D eigenvalue weighted by atomic mass is 10.0. The lowest BCUT2D eigenvalue weighted by Gasteiger charge is -2.19. The number of nitrogens with one attached hydrogen (secondary N) is 1. The average molecular weight is 304 g/mol. The maximum atomic E-state index is 11.6. The molecule has 0 bridgehead atoms. The van der Waals surface area contributed by atoms with Crippen molar-refractivity contribution in [3.05, 3.63) is 64.7 Å².